The van der Waals surface area contributed by atoms with Crippen molar-refractivity contribution in [2.75, 3.05) is 13.1 Å². The number of nitrogens with zero attached hydrogens (tertiary/aromatic N) is 1. The first-order valence-corrected chi connectivity index (χ1v) is 4.34. The van der Waals surface area contributed by atoms with Crippen molar-refractivity contribution < 1.29 is 26.3 Å². The van der Waals surface area contributed by atoms with Gasteiger partial charge in [-0.05, 0) is 12.8 Å². The van der Waals surface area contributed by atoms with Crippen LogP contribution in [0.15, 0.2) is 11.7 Å². The number of likely N-dealkylation sites (tertiary alicyclic amines) is 1. The van der Waals surface area contributed by atoms with Crippen molar-refractivity contribution >= 4 is 0 Å². The molecule has 15 heavy (non-hydrogen) atoms. The van der Waals surface area contributed by atoms with Crippen molar-refractivity contribution in [3.8, 4) is 0 Å². The first kappa shape index (κ1) is 12.4. The summed E-state index contributed by atoms with van der Waals surface area (Å²) in [6, 6.07) is 0. The Balaban J connectivity index is 2.86. The summed E-state index contributed by atoms with van der Waals surface area (Å²) in [5, 5.41) is 0. The molecule has 1 unspecified atom stereocenters. The highest BCUT2D eigenvalue weighted by molar-refractivity contribution is 5.15. The van der Waals surface area contributed by atoms with Crippen LogP contribution in [0.2, 0.25) is 0 Å². The third kappa shape index (κ3) is 2.87. The van der Waals surface area contributed by atoms with Crippen molar-refractivity contribution in [3.63, 3.8) is 0 Å². The van der Waals surface area contributed by atoms with Gasteiger partial charge in [-0.15, -0.1) is 0 Å². The van der Waals surface area contributed by atoms with Crippen LogP contribution in [-0.2, 0) is 0 Å². The van der Waals surface area contributed by atoms with Gasteiger partial charge < -0.3 is 0 Å². The Morgan fingerprint density at radius 1 is 1.07 bits per heavy atom. The van der Waals surface area contributed by atoms with E-state index in [9.17, 15) is 26.3 Å². The number of hydrogen-bond donors (Lipinski definition) is 0. The minimum absolute atomic E-state index is 0.0774. The highest BCUT2D eigenvalue weighted by Crippen LogP contribution is 2.35. The average molecular weight is 233 g/mol. The van der Waals surface area contributed by atoms with Crippen LogP contribution < -0.4 is 0 Å². The molecule has 1 heterocycles. The van der Waals surface area contributed by atoms with E-state index in [4.69, 9.17) is 0 Å². The van der Waals surface area contributed by atoms with E-state index in [0.717, 1.165) is 4.90 Å². The van der Waals surface area contributed by atoms with Gasteiger partial charge in [0.1, 0.15) is 5.57 Å². The van der Waals surface area contributed by atoms with Crippen molar-refractivity contribution in [2.45, 2.75) is 25.3 Å². The lowest BCUT2D eigenvalue weighted by Gasteiger charge is -2.23. The lowest BCUT2D eigenvalue weighted by Crippen LogP contribution is -2.36. The molecule has 0 spiro atoms. The summed E-state index contributed by atoms with van der Waals surface area (Å²) in [6.45, 7) is 0.155. The second kappa shape index (κ2) is 4.42. The Bertz CT molecular complexity index is 248. The van der Waals surface area contributed by atoms with Crippen LogP contribution in [0, 0.1) is 0 Å². The number of hydrogen-bond acceptors (Lipinski definition) is 1. The minimum atomic E-state index is -5.32. The van der Waals surface area contributed by atoms with Gasteiger partial charge >= 0.3 is 6.18 Å². The van der Waals surface area contributed by atoms with Crippen LogP contribution in [0.25, 0.3) is 0 Å². The number of rotatable bonds is 2. The van der Waals surface area contributed by atoms with E-state index in [0.29, 0.717) is 12.8 Å². The summed E-state index contributed by atoms with van der Waals surface area (Å²) >= 11 is 0. The Labute approximate surface area is 82.4 Å². The van der Waals surface area contributed by atoms with Gasteiger partial charge in [-0.1, -0.05) is 0 Å². The van der Waals surface area contributed by atoms with Gasteiger partial charge in [-0.25, -0.2) is 4.39 Å². The van der Waals surface area contributed by atoms with Crippen molar-refractivity contribution in [3.05, 3.63) is 11.7 Å². The Morgan fingerprint density at radius 3 is 1.87 bits per heavy atom. The van der Waals surface area contributed by atoms with E-state index in [1.54, 1.807) is 0 Å². The second-order valence-corrected chi connectivity index (χ2v) is 3.25. The second-order valence-electron chi connectivity index (χ2n) is 3.25. The summed E-state index contributed by atoms with van der Waals surface area (Å²) < 4.78 is 73.4. The van der Waals surface area contributed by atoms with E-state index < -0.39 is 24.1 Å². The van der Waals surface area contributed by atoms with Crippen LogP contribution in [0.1, 0.15) is 12.8 Å². The molecule has 1 aliphatic rings. The van der Waals surface area contributed by atoms with Crippen LogP contribution in [-0.4, -0.2) is 30.5 Å². The van der Waals surface area contributed by atoms with Gasteiger partial charge in [0, 0.05) is 13.1 Å². The maximum Gasteiger partial charge on any atom is 0.421 e. The van der Waals surface area contributed by atoms with E-state index in [1.165, 1.54) is 0 Å². The third-order valence-corrected chi connectivity index (χ3v) is 2.21. The zero-order valence-electron chi connectivity index (χ0n) is 7.62. The Morgan fingerprint density at radius 2 is 1.53 bits per heavy atom. The molecule has 1 atom stereocenters. The molecule has 0 amide bonds. The summed E-state index contributed by atoms with van der Waals surface area (Å²) in [6.07, 6.45) is -10.0. The van der Waals surface area contributed by atoms with E-state index in [2.05, 4.69) is 0 Å². The maximum atomic E-state index is 13.2. The molecular formula is C8H9F6N. The molecule has 0 saturated carbocycles. The smallest absolute Gasteiger partial charge is 0.270 e. The van der Waals surface area contributed by atoms with Gasteiger partial charge in [0.25, 0.3) is 6.08 Å². The zero-order chi connectivity index (χ0) is 11.6. The third-order valence-electron chi connectivity index (χ3n) is 2.21. The quantitative estimate of drug-likeness (QED) is 0.523. The monoisotopic (exact) mass is 233 g/mol. The lowest BCUT2D eigenvalue weighted by molar-refractivity contribution is -0.114. The molecule has 7 heteroatoms. The molecule has 0 aromatic carbocycles. The molecule has 1 rings (SSSR count). The standard InChI is InChI=1S/C8H9F6N/c9-6(10)5(8(12,13)14)7(11)15-3-1-2-4-15/h7H,1-4H2. The largest absolute Gasteiger partial charge is 0.421 e. The maximum absolute atomic E-state index is 13.2. The molecule has 1 aliphatic heterocycles. The van der Waals surface area contributed by atoms with Crippen LogP contribution >= 0.6 is 0 Å². The average Bonchev–Trinajstić information content (AvgIpc) is 2.51. The summed E-state index contributed by atoms with van der Waals surface area (Å²) in [5.74, 6) is 0. The Kier molecular flexibility index (Phi) is 3.64. The molecule has 1 saturated heterocycles. The normalized spacial score (nSPS) is 20.4. The SMILES string of the molecule is FC(F)=C(C(F)N1CCCC1)C(F)(F)F. The minimum Gasteiger partial charge on any atom is -0.270 e. The fourth-order valence-corrected chi connectivity index (χ4v) is 1.48. The summed E-state index contributed by atoms with van der Waals surface area (Å²) in [4.78, 5) is 0.766. The van der Waals surface area contributed by atoms with Gasteiger partial charge in [0.15, 0.2) is 6.30 Å². The molecule has 1 nitrogen and oxygen atoms in total. The molecular weight excluding hydrogens is 224 g/mol. The van der Waals surface area contributed by atoms with Crippen molar-refractivity contribution in [1.29, 1.82) is 0 Å². The van der Waals surface area contributed by atoms with Crippen molar-refractivity contribution in [1.82, 2.24) is 4.90 Å². The van der Waals surface area contributed by atoms with Gasteiger partial charge in [-0.2, -0.15) is 22.0 Å². The Hall–Kier alpha value is -0.720. The van der Waals surface area contributed by atoms with Gasteiger partial charge in [0.05, 0.1) is 0 Å². The van der Waals surface area contributed by atoms with Gasteiger partial charge in [-0.3, -0.25) is 4.90 Å². The summed E-state index contributed by atoms with van der Waals surface area (Å²) in [7, 11) is 0. The number of alkyl halides is 4. The number of halogens is 6. The molecule has 0 aromatic heterocycles. The highest BCUT2D eigenvalue weighted by Gasteiger charge is 2.45. The zero-order valence-corrected chi connectivity index (χ0v) is 7.62. The highest BCUT2D eigenvalue weighted by atomic mass is 19.4. The predicted octanol–water partition coefficient (Wildman–Crippen LogP) is 3.09. The lowest BCUT2D eigenvalue weighted by atomic mass is 10.2. The first-order valence-electron chi connectivity index (χ1n) is 4.34. The molecule has 1 fully saturated rings. The fourth-order valence-electron chi connectivity index (χ4n) is 1.48. The molecule has 88 valence electrons. The molecule has 0 bridgehead atoms. The molecule has 0 aromatic rings. The van der Waals surface area contributed by atoms with Crippen LogP contribution in [0.3, 0.4) is 0 Å². The fraction of sp³-hybridized carbons (Fsp3) is 0.750. The van der Waals surface area contributed by atoms with E-state index >= 15 is 0 Å². The van der Waals surface area contributed by atoms with Crippen LogP contribution in [0.5, 0.6) is 0 Å². The van der Waals surface area contributed by atoms with Crippen LogP contribution in [0.4, 0.5) is 26.3 Å². The molecule has 0 N–H and O–H groups in total. The summed E-state index contributed by atoms with van der Waals surface area (Å²) in [5.41, 5.74) is -2.37. The van der Waals surface area contributed by atoms with Gasteiger partial charge in [0.2, 0.25) is 0 Å². The van der Waals surface area contributed by atoms with Crippen molar-refractivity contribution in [2.24, 2.45) is 0 Å². The predicted molar refractivity (Wildman–Crippen MR) is 41.0 cm³/mol. The first-order chi connectivity index (χ1) is 6.84. The van der Waals surface area contributed by atoms with E-state index in [-0.39, 0.29) is 13.1 Å². The molecule has 0 radical (unpaired) electrons. The van der Waals surface area contributed by atoms with E-state index in [1.807, 2.05) is 0 Å². The molecule has 0 aliphatic carbocycles. The topological polar surface area (TPSA) is 3.24 Å².